The molecule has 0 saturated heterocycles. The molecule has 0 aliphatic rings. The molecule has 4 nitrogen and oxygen atoms in total. The third kappa shape index (κ3) is 1.31. The number of aryl methyl sites for hydroxylation is 1. The molecular weight excluding hydrogens is 323 g/mol. The Labute approximate surface area is 77.9 Å². The van der Waals surface area contributed by atoms with Gasteiger partial charge in [0.25, 0.3) is 0 Å². The van der Waals surface area contributed by atoms with Crippen molar-refractivity contribution in [1.82, 2.24) is 20.0 Å². The van der Waals surface area contributed by atoms with Gasteiger partial charge in [0.05, 0.1) is 0 Å². The second-order valence-corrected chi connectivity index (χ2v) is 2.06. The molecule has 0 aliphatic heterocycles. The quantitative estimate of drug-likeness (QED) is 0.701. The van der Waals surface area contributed by atoms with Gasteiger partial charge >= 0.3 is 0 Å². The van der Waals surface area contributed by atoms with Crippen LogP contribution in [0.4, 0.5) is 0 Å². The standard InChI is InChI=1S/C6H6N4.Pt/c1-10-6-5(8-9-10)3-2-4-7-6;/h2-4H,1H3;. The molecule has 0 aromatic carbocycles. The molecule has 0 saturated carbocycles. The molecule has 2 rings (SSSR count). The fraction of sp³-hybridized carbons (Fsp3) is 0.167. The Balaban J connectivity index is 0.000000605. The van der Waals surface area contributed by atoms with Crippen molar-refractivity contribution in [3.8, 4) is 0 Å². The molecule has 2 heterocycles. The van der Waals surface area contributed by atoms with Gasteiger partial charge in [0.1, 0.15) is 5.52 Å². The van der Waals surface area contributed by atoms with E-state index in [4.69, 9.17) is 0 Å². The zero-order valence-electron chi connectivity index (χ0n) is 5.84. The van der Waals surface area contributed by atoms with Gasteiger partial charge in [-0.05, 0) is 12.1 Å². The topological polar surface area (TPSA) is 43.6 Å². The van der Waals surface area contributed by atoms with Gasteiger partial charge in [-0.15, -0.1) is 5.10 Å². The fourth-order valence-corrected chi connectivity index (χ4v) is 0.873. The maximum atomic E-state index is 4.08. The van der Waals surface area contributed by atoms with Gasteiger partial charge in [-0.25, -0.2) is 9.67 Å². The average molecular weight is 329 g/mol. The summed E-state index contributed by atoms with van der Waals surface area (Å²) < 4.78 is 1.65. The van der Waals surface area contributed by atoms with E-state index in [0.717, 1.165) is 11.2 Å². The van der Waals surface area contributed by atoms with Crippen molar-refractivity contribution < 1.29 is 21.1 Å². The van der Waals surface area contributed by atoms with Crippen molar-refractivity contribution in [2.24, 2.45) is 7.05 Å². The van der Waals surface area contributed by atoms with Gasteiger partial charge in [0.15, 0.2) is 5.65 Å². The third-order valence-corrected chi connectivity index (χ3v) is 1.36. The van der Waals surface area contributed by atoms with Crippen molar-refractivity contribution in [3.63, 3.8) is 0 Å². The van der Waals surface area contributed by atoms with Crippen LogP contribution in [0.5, 0.6) is 0 Å². The number of rotatable bonds is 0. The van der Waals surface area contributed by atoms with Crippen LogP contribution in [0.15, 0.2) is 18.3 Å². The molecule has 0 spiro atoms. The first-order valence-corrected chi connectivity index (χ1v) is 2.98. The van der Waals surface area contributed by atoms with Crippen LogP contribution < -0.4 is 0 Å². The van der Waals surface area contributed by atoms with E-state index in [-0.39, 0.29) is 21.1 Å². The minimum absolute atomic E-state index is 0. The van der Waals surface area contributed by atoms with Crippen LogP contribution in [0.25, 0.3) is 11.2 Å². The van der Waals surface area contributed by atoms with Crippen molar-refractivity contribution in [1.29, 1.82) is 0 Å². The Bertz CT molecular complexity index is 356. The number of fused-ring (bicyclic) bond motifs is 1. The van der Waals surface area contributed by atoms with Gasteiger partial charge in [-0.1, -0.05) is 5.21 Å². The second-order valence-electron chi connectivity index (χ2n) is 2.06. The fourth-order valence-electron chi connectivity index (χ4n) is 0.873. The molecule has 0 atom stereocenters. The summed E-state index contributed by atoms with van der Waals surface area (Å²) >= 11 is 0. The molecule has 0 unspecified atom stereocenters. The predicted molar refractivity (Wildman–Crippen MR) is 36.3 cm³/mol. The van der Waals surface area contributed by atoms with Crippen molar-refractivity contribution in [2.45, 2.75) is 0 Å². The van der Waals surface area contributed by atoms with Gasteiger partial charge in [-0.3, -0.25) is 0 Å². The number of hydrogen-bond donors (Lipinski definition) is 0. The van der Waals surface area contributed by atoms with Crippen molar-refractivity contribution >= 4 is 11.2 Å². The summed E-state index contributed by atoms with van der Waals surface area (Å²) in [6.45, 7) is 0. The van der Waals surface area contributed by atoms with Gasteiger partial charge < -0.3 is 0 Å². The maximum absolute atomic E-state index is 4.08. The first-order valence-electron chi connectivity index (χ1n) is 2.98. The maximum Gasteiger partial charge on any atom is 0.178 e. The van der Waals surface area contributed by atoms with Crippen LogP contribution in [0.2, 0.25) is 0 Å². The molecule has 2 aromatic heterocycles. The third-order valence-electron chi connectivity index (χ3n) is 1.36. The van der Waals surface area contributed by atoms with E-state index in [1.54, 1.807) is 10.9 Å². The van der Waals surface area contributed by atoms with Crippen LogP contribution >= 0.6 is 0 Å². The molecule has 0 radical (unpaired) electrons. The van der Waals surface area contributed by atoms with E-state index < -0.39 is 0 Å². The van der Waals surface area contributed by atoms with Gasteiger partial charge in [-0.2, -0.15) is 0 Å². The summed E-state index contributed by atoms with van der Waals surface area (Å²) in [5, 5.41) is 7.67. The molecule has 0 amide bonds. The van der Waals surface area contributed by atoms with Crippen molar-refractivity contribution in [3.05, 3.63) is 18.3 Å². The molecule has 2 aromatic rings. The Morgan fingerprint density at radius 2 is 2.27 bits per heavy atom. The van der Waals surface area contributed by atoms with Crippen molar-refractivity contribution in [2.75, 3.05) is 0 Å². The van der Waals surface area contributed by atoms with Crippen LogP contribution in [-0.4, -0.2) is 20.0 Å². The zero-order chi connectivity index (χ0) is 6.97. The SMILES string of the molecule is Cn1nnc2cccnc21.[Pt]. The number of hydrogen-bond acceptors (Lipinski definition) is 3. The first kappa shape index (κ1) is 8.34. The molecule has 0 bridgehead atoms. The van der Waals surface area contributed by atoms with Crippen LogP contribution in [0, 0.1) is 0 Å². The van der Waals surface area contributed by atoms with E-state index in [9.17, 15) is 0 Å². The van der Waals surface area contributed by atoms with Gasteiger partial charge in [0.2, 0.25) is 0 Å². The number of pyridine rings is 1. The monoisotopic (exact) mass is 329 g/mol. The van der Waals surface area contributed by atoms with E-state index >= 15 is 0 Å². The number of aromatic nitrogens is 4. The van der Waals surface area contributed by atoms with Crippen LogP contribution in [0.1, 0.15) is 0 Å². The molecule has 60 valence electrons. The summed E-state index contributed by atoms with van der Waals surface area (Å²) in [5.41, 5.74) is 1.66. The normalized spacial score (nSPS) is 9.55. The van der Waals surface area contributed by atoms with Crippen LogP contribution in [0.3, 0.4) is 0 Å². The van der Waals surface area contributed by atoms with E-state index in [1.807, 2.05) is 19.2 Å². The molecule has 11 heavy (non-hydrogen) atoms. The molecule has 5 heteroatoms. The summed E-state index contributed by atoms with van der Waals surface area (Å²) in [6, 6.07) is 3.73. The Hall–Kier alpha value is -0.762. The Kier molecular flexibility index (Phi) is 2.34. The van der Waals surface area contributed by atoms with E-state index in [1.165, 1.54) is 0 Å². The second kappa shape index (κ2) is 3.09. The largest absolute Gasteiger partial charge is 0.235 e. The predicted octanol–water partition coefficient (Wildman–Crippen LogP) is 0.361. The number of nitrogens with zero attached hydrogens (tertiary/aromatic N) is 4. The molecule has 0 N–H and O–H groups in total. The molecule has 0 aliphatic carbocycles. The minimum atomic E-state index is 0. The van der Waals surface area contributed by atoms with Gasteiger partial charge in [0, 0.05) is 34.3 Å². The Morgan fingerprint density at radius 3 is 3.00 bits per heavy atom. The van der Waals surface area contributed by atoms with E-state index in [2.05, 4.69) is 15.3 Å². The Morgan fingerprint density at radius 1 is 1.45 bits per heavy atom. The summed E-state index contributed by atoms with van der Waals surface area (Å²) in [7, 11) is 1.82. The molecular formula is C6H6N4Pt. The minimum Gasteiger partial charge on any atom is -0.235 e. The molecule has 0 fully saturated rings. The average Bonchev–Trinajstić information content (AvgIpc) is 2.34. The van der Waals surface area contributed by atoms with E-state index in [0.29, 0.717) is 0 Å². The summed E-state index contributed by atoms with van der Waals surface area (Å²) in [4.78, 5) is 4.08. The zero-order valence-corrected chi connectivity index (χ0v) is 8.11. The summed E-state index contributed by atoms with van der Waals surface area (Å²) in [6.07, 6.45) is 1.73. The van der Waals surface area contributed by atoms with Crippen LogP contribution in [-0.2, 0) is 28.1 Å². The smallest absolute Gasteiger partial charge is 0.178 e. The summed E-state index contributed by atoms with van der Waals surface area (Å²) in [5.74, 6) is 0. The first-order chi connectivity index (χ1) is 4.88.